The first-order chi connectivity index (χ1) is 10.0. The van der Waals surface area contributed by atoms with Gasteiger partial charge in [0.1, 0.15) is 10.7 Å². The fourth-order valence-corrected chi connectivity index (χ4v) is 2.82. The zero-order valence-corrected chi connectivity index (χ0v) is 13.5. The smallest absolute Gasteiger partial charge is 0.272 e. The first-order valence-corrected chi connectivity index (χ1v) is 7.60. The maximum Gasteiger partial charge on any atom is 0.272 e. The molecule has 0 bridgehead atoms. The van der Waals surface area contributed by atoms with Crippen molar-refractivity contribution >= 4 is 17.2 Å². The first-order valence-electron chi connectivity index (χ1n) is 6.78. The molecule has 0 aliphatic carbocycles. The Morgan fingerprint density at radius 1 is 1.52 bits per heavy atom. The maximum atomic E-state index is 12.1. The normalized spacial score (nSPS) is 11.1. The van der Waals surface area contributed by atoms with Crippen LogP contribution in [0.3, 0.4) is 0 Å². The Balaban J connectivity index is 1.97. The van der Waals surface area contributed by atoms with Crippen molar-refractivity contribution in [1.29, 1.82) is 0 Å². The van der Waals surface area contributed by atoms with Crippen molar-refractivity contribution in [1.82, 2.24) is 20.1 Å². The molecule has 0 aliphatic heterocycles. The molecule has 2 heterocycles. The second-order valence-electron chi connectivity index (χ2n) is 5.01. The lowest BCUT2D eigenvalue weighted by atomic mass is 10.3. The Labute approximate surface area is 128 Å². The minimum atomic E-state index is -0.171. The van der Waals surface area contributed by atoms with Gasteiger partial charge in [0.2, 0.25) is 0 Å². The molecule has 2 aromatic rings. The van der Waals surface area contributed by atoms with Crippen molar-refractivity contribution in [2.75, 3.05) is 7.11 Å². The van der Waals surface area contributed by atoms with Gasteiger partial charge in [0, 0.05) is 24.2 Å². The number of nitrogens with zero attached hydrogens (tertiary/aromatic N) is 3. The van der Waals surface area contributed by atoms with Crippen LogP contribution in [0, 0.1) is 6.92 Å². The number of hydrogen-bond donors (Lipinski definition) is 1. The van der Waals surface area contributed by atoms with Crippen LogP contribution in [0.1, 0.15) is 46.0 Å². The van der Waals surface area contributed by atoms with E-state index in [4.69, 9.17) is 4.74 Å². The minimum Gasteiger partial charge on any atom is -0.378 e. The summed E-state index contributed by atoms with van der Waals surface area (Å²) in [4.78, 5) is 17.5. The zero-order chi connectivity index (χ0) is 15.4. The van der Waals surface area contributed by atoms with Crippen molar-refractivity contribution in [2.24, 2.45) is 0 Å². The third-order valence-corrected chi connectivity index (χ3v) is 4.12. The van der Waals surface area contributed by atoms with Gasteiger partial charge in [-0.15, -0.1) is 11.3 Å². The summed E-state index contributed by atoms with van der Waals surface area (Å²) in [6.45, 7) is 6.93. The zero-order valence-electron chi connectivity index (χ0n) is 12.7. The SMILES string of the molecule is COCc1nc(C)c(CNC(=O)c2ccn(C(C)C)n2)s1. The molecular weight excluding hydrogens is 288 g/mol. The van der Waals surface area contributed by atoms with E-state index in [-0.39, 0.29) is 11.9 Å². The van der Waals surface area contributed by atoms with Gasteiger partial charge in [0.05, 0.1) is 18.8 Å². The molecule has 0 saturated carbocycles. The van der Waals surface area contributed by atoms with Gasteiger partial charge >= 0.3 is 0 Å². The Morgan fingerprint density at radius 2 is 2.29 bits per heavy atom. The van der Waals surface area contributed by atoms with Crippen molar-refractivity contribution < 1.29 is 9.53 Å². The fourth-order valence-electron chi connectivity index (χ4n) is 1.84. The lowest BCUT2D eigenvalue weighted by Gasteiger charge is -2.04. The first kappa shape index (κ1) is 15.7. The summed E-state index contributed by atoms with van der Waals surface area (Å²) in [5.74, 6) is -0.171. The van der Waals surface area contributed by atoms with Gasteiger partial charge in [-0.1, -0.05) is 0 Å². The molecule has 2 aromatic heterocycles. The van der Waals surface area contributed by atoms with Crippen LogP contribution in [0.2, 0.25) is 0 Å². The van der Waals surface area contributed by atoms with Crippen LogP contribution >= 0.6 is 11.3 Å². The molecule has 1 N–H and O–H groups in total. The van der Waals surface area contributed by atoms with Gasteiger partial charge in [-0.3, -0.25) is 9.48 Å². The average molecular weight is 308 g/mol. The topological polar surface area (TPSA) is 69.0 Å². The van der Waals surface area contributed by atoms with Gasteiger partial charge in [-0.2, -0.15) is 5.10 Å². The summed E-state index contributed by atoms with van der Waals surface area (Å²) in [5.41, 5.74) is 1.36. The van der Waals surface area contributed by atoms with Crippen molar-refractivity contribution in [3.05, 3.63) is 33.5 Å². The highest BCUT2D eigenvalue weighted by Crippen LogP contribution is 2.18. The standard InChI is InChI=1S/C14H20N4O2S/c1-9(2)18-6-5-11(17-18)14(19)15-7-12-10(3)16-13(21-12)8-20-4/h5-6,9H,7-8H2,1-4H3,(H,15,19). The summed E-state index contributed by atoms with van der Waals surface area (Å²) in [6.07, 6.45) is 1.81. The van der Waals surface area contributed by atoms with E-state index < -0.39 is 0 Å². The number of ether oxygens (including phenoxy) is 1. The molecule has 0 spiro atoms. The Bertz CT molecular complexity index is 618. The number of carbonyl (C=O) groups excluding carboxylic acids is 1. The number of nitrogens with one attached hydrogen (secondary N) is 1. The molecule has 0 atom stereocenters. The predicted molar refractivity (Wildman–Crippen MR) is 81.3 cm³/mol. The lowest BCUT2D eigenvalue weighted by molar-refractivity contribution is 0.0945. The number of thiazole rings is 1. The summed E-state index contributed by atoms with van der Waals surface area (Å²) < 4.78 is 6.83. The van der Waals surface area contributed by atoms with Gasteiger partial charge < -0.3 is 10.1 Å². The number of rotatable bonds is 6. The van der Waals surface area contributed by atoms with Crippen LogP contribution in [0.25, 0.3) is 0 Å². The highest BCUT2D eigenvalue weighted by Gasteiger charge is 2.13. The van der Waals surface area contributed by atoms with E-state index >= 15 is 0 Å². The summed E-state index contributed by atoms with van der Waals surface area (Å²) in [6, 6.07) is 1.97. The Morgan fingerprint density at radius 3 is 2.90 bits per heavy atom. The van der Waals surface area contributed by atoms with Crippen molar-refractivity contribution in [2.45, 2.75) is 40.0 Å². The van der Waals surface area contributed by atoms with E-state index in [1.807, 2.05) is 27.0 Å². The third-order valence-electron chi connectivity index (χ3n) is 2.98. The van der Waals surface area contributed by atoms with Crippen LogP contribution in [0.5, 0.6) is 0 Å². The molecule has 0 saturated heterocycles. The van der Waals surface area contributed by atoms with Gasteiger partial charge in [0.25, 0.3) is 5.91 Å². The summed E-state index contributed by atoms with van der Waals surface area (Å²) in [5, 5.41) is 8.05. The molecule has 2 rings (SSSR count). The van der Waals surface area contributed by atoms with Crippen molar-refractivity contribution in [3.63, 3.8) is 0 Å². The molecule has 7 heteroatoms. The molecule has 1 amide bonds. The highest BCUT2D eigenvalue weighted by atomic mass is 32.1. The monoisotopic (exact) mass is 308 g/mol. The number of aryl methyl sites for hydroxylation is 1. The number of aromatic nitrogens is 3. The second-order valence-corrected chi connectivity index (χ2v) is 6.17. The van der Waals surface area contributed by atoms with Crippen LogP contribution in [-0.2, 0) is 17.9 Å². The molecule has 0 aliphatic rings. The van der Waals surface area contributed by atoms with Crippen LogP contribution in [0.15, 0.2) is 12.3 Å². The van der Waals surface area contributed by atoms with Crippen LogP contribution < -0.4 is 5.32 Å². The van der Waals surface area contributed by atoms with Gasteiger partial charge in [-0.25, -0.2) is 4.98 Å². The molecular formula is C14H20N4O2S. The fraction of sp³-hybridized carbons (Fsp3) is 0.500. The summed E-state index contributed by atoms with van der Waals surface area (Å²) in [7, 11) is 1.64. The predicted octanol–water partition coefficient (Wildman–Crippen LogP) is 2.31. The van der Waals surface area contributed by atoms with E-state index in [0.29, 0.717) is 18.8 Å². The van der Waals surface area contributed by atoms with E-state index in [1.165, 1.54) is 0 Å². The highest BCUT2D eigenvalue weighted by molar-refractivity contribution is 7.11. The Hall–Kier alpha value is -1.73. The largest absolute Gasteiger partial charge is 0.378 e. The minimum absolute atomic E-state index is 0.171. The maximum absolute atomic E-state index is 12.1. The van der Waals surface area contributed by atoms with Crippen LogP contribution in [-0.4, -0.2) is 27.8 Å². The third kappa shape index (κ3) is 3.89. The number of hydrogen-bond acceptors (Lipinski definition) is 5. The number of methoxy groups -OCH3 is 1. The lowest BCUT2D eigenvalue weighted by Crippen LogP contribution is -2.23. The molecule has 0 fully saturated rings. The Kier molecular flexibility index (Phi) is 5.08. The van der Waals surface area contributed by atoms with E-state index in [9.17, 15) is 4.79 Å². The second kappa shape index (κ2) is 6.82. The molecule has 0 aromatic carbocycles. The molecule has 6 nitrogen and oxygen atoms in total. The van der Waals surface area contributed by atoms with E-state index in [0.717, 1.165) is 15.6 Å². The molecule has 21 heavy (non-hydrogen) atoms. The number of carbonyl (C=O) groups is 1. The quantitative estimate of drug-likeness (QED) is 0.889. The van der Waals surface area contributed by atoms with Gasteiger partial charge in [-0.05, 0) is 26.8 Å². The molecule has 114 valence electrons. The van der Waals surface area contributed by atoms with Gasteiger partial charge in [0.15, 0.2) is 0 Å². The van der Waals surface area contributed by atoms with E-state index in [1.54, 1.807) is 29.2 Å². The van der Waals surface area contributed by atoms with E-state index in [2.05, 4.69) is 15.4 Å². The summed E-state index contributed by atoms with van der Waals surface area (Å²) >= 11 is 1.55. The van der Waals surface area contributed by atoms with Crippen molar-refractivity contribution in [3.8, 4) is 0 Å². The number of amides is 1. The molecule has 0 radical (unpaired) electrons. The average Bonchev–Trinajstić information content (AvgIpc) is 3.04. The molecule has 0 unspecified atom stereocenters. The van der Waals surface area contributed by atoms with Crippen LogP contribution in [0.4, 0.5) is 0 Å².